The number of primary amides is 1. The van der Waals surface area contributed by atoms with Gasteiger partial charge in [0.15, 0.2) is 0 Å². The van der Waals surface area contributed by atoms with Crippen LogP contribution in [0, 0.1) is 6.92 Å². The first-order chi connectivity index (χ1) is 11.0. The number of hydrogen-bond donors (Lipinski definition) is 1. The number of aryl methyl sites for hydroxylation is 2. The molecule has 0 bridgehead atoms. The van der Waals surface area contributed by atoms with Gasteiger partial charge in [0.05, 0.1) is 5.01 Å². The number of aromatic nitrogens is 3. The predicted molar refractivity (Wildman–Crippen MR) is 90.4 cm³/mol. The fraction of sp³-hybridized carbons (Fsp3) is 0.250. The number of rotatable bonds is 4. The second kappa shape index (κ2) is 5.92. The van der Waals surface area contributed by atoms with Crippen molar-refractivity contribution < 1.29 is 4.79 Å². The second-order valence-electron chi connectivity index (χ2n) is 5.23. The zero-order chi connectivity index (χ0) is 16.6. The van der Waals surface area contributed by atoms with E-state index in [1.54, 1.807) is 0 Å². The van der Waals surface area contributed by atoms with Gasteiger partial charge in [-0.3, -0.25) is 9.36 Å². The molecule has 0 saturated heterocycles. The smallest absolute Gasteiger partial charge is 0.349 e. The number of fused-ring (bicyclic) bond motifs is 1. The molecule has 0 radical (unpaired) electrons. The lowest BCUT2D eigenvalue weighted by molar-refractivity contribution is -0.118. The molecule has 23 heavy (non-hydrogen) atoms. The van der Waals surface area contributed by atoms with Crippen LogP contribution in [0.4, 0.5) is 0 Å². The van der Waals surface area contributed by atoms with Gasteiger partial charge in [0.1, 0.15) is 22.6 Å². The van der Waals surface area contributed by atoms with Crippen LogP contribution in [0.1, 0.15) is 17.5 Å². The maximum Gasteiger partial charge on any atom is 0.349 e. The van der Waals surface area contributed by atoms with Gasteiger partial charge in [0, 0.05) is 5.56 Å². The minimum atomic E-state index is -0.582. The van der Waals surface area contributed by atoms with Crippen molar-refractivity contribution in [3.63, 3.8) is 0 Å². The van der Waals surface area contributed by atoms with Crippen molar-refractivity contribution in [2.24, 2.45) is 5.73 Å². The Morgan fingerprint density at radius 2 is 1.96 bits per heavy atom. The molecule has 2 heterocycles. The van der Waals surface area contributed by atoms with Gasteiger partial charge in [0.2, 0.25) is 5.91 Å². The molecule has 3 aromatic rings. The van der Waals surface area contributed by atoms with E-state index in [9.17, 15) is 9.59 Å². The Bertz CT molecular complexity index is 941. The Labute approximate surface area is 136 Å². The fourth-order valence-corrected chi connectivity index (χ4v) is 3.35. The Balaban J connectivity index is 2.25. The Hall–Kier alpha value is -2.54. The third-order valence-corrected chi connectivity index (χ3v) is 4.57. The number of nitrogens with zero attached hydrogens (tertiary/aromatic N) is 3. The summed E-state index contributed by atoms with van der Waals surface area (Å²) in [6, 6.07) is 7.90. The SMILES string of the molecule is CCc1ccc(-c2nc(=O)n(CC(N)=O)c3sc(C)nc23)cc1. The summed E-state index contributed by atoms with van der Waals surface area (Å²) in [5.74, 6) is -0.582. The number of thiazole rings is 1. The Morgan fingerprint density at radius 1 is 1.26 bits per heavy atom. The van der Waals surface area contributed by atoms with E-state index in [0.717, 1.165) is 17.0 Å². The first kappa shape index (κ1) is 15.4. The highest BCUT2D eigenvalue weighted by molar-refractivity contribution is 7.18. The van der Waals surface area contributed by atoms with Gasteiger partial charge in [-0.2, -0.15) is 4.98 Å². The number of hydrogen-bond acceptors (Lipinski definition) is 5. The monoisotopic (exact) mass is 328 g/mol. The van der Waals surface area contributed by atoms with E-state index < -0.39 is 11.6 Å². The summed E-state index contributed by atoms with van der Waals surface area (Å²) in [4.78, 5) is 32.8. The molecule has 118 valence electrons. The van der Waals surface area contributed by atoms with Crippen LogP contribution in [0.5, 0.6) is 0 Å². The molecule has 0 saturated carbocycles. The van der Waals surface area contributed by atoms with E-state index in [0.29, 0.717) is 16.0 Å². The molecule has 0 unspecified atom stereocenters. The van der Waals surface area contributed by atoms with Crippen LogP contribution >= 0.6 is 11.3 Å². The summed E-state index contributed by atoms with van der Waals surface area (Å²) in [6.07, 6.45) is 0.944. The van der Waals surface area contributed by atoms with Crippen molar-refractivity contribution in [1.29, 1.82) is 0 Å². The van der Waals surface area contributed by atoms with Crippen molar-refractivity contribution in [2.45, 2.75) is 26.8 Å². The lowest BCUT2D eigenvalue weighted by Gasteiger charge is -2.07. The maximum absolute atomic E-state index is 12.3. The minimum Gasteiger partial charge on any atom is -0.368 e. The van der Waals surface area contributed by atoms with Crippen LogP contribution in [0.15, 0.2) is 29.1 Å². The fourth-order valence-electron chi connectivity index (χ4n) is 2.44. The van der Waals surface area contributed by atoms with E-state index in [4.69, 9.17) is 5.73 Å². The quantitative estimate of drug-likeness (QED) is 0.791. The van der Waals surface area contributed by atoms with Crippen molar-refractivity contribution in [3.8, 4) is 11.3 Å². The van der Waals surface area contributed by atoms with Gasteiger partial charge in [-0.05, 0) is 18.9 Å². The van der Waals surface area contributed by atoms with Gasteiger partial charge in [-0.1, -0.05) is 31.2 Å². The number of benzene rings is 1. The number of nitrogens with two attached hydrogens (primary N) is 1. The summed E-state index contributed by atoms with van der Waals surface area (Å²) in [5, 5.41) is 0.803. The molecule has 0 fully saturated rings. The lowest BCUT2D eigenvalue weighted by atomic mass is 10.1. The van der Waals surface area contributed by atoms with Crippen LogP contribution in [0.3, 0.4) is 0 Å². The van der Waals surface area contributed by atoms with E-state index in [1.165, 1.54) is 21.5 Å². The molecular formula is C16H16N4O2S. The highest BCUT2D eigenvalue weighted by Gasteiger charge is 2.17. The molecule has 1 aromatic carbocycles. The van der Waals surface area contributed by atoms with Gasteiger partial charge >= 0.3 is 5.69 Å². The van der Waals surface area contributed by atoms with Crippen LogP contribution in [0.2, 0.25) is 0 Å². The van der Waals surface area contributed by atoms with Crippen molar-refractivity contribution >= 4 is 27.6 Å². The molecule has 0 spiro atoms. The van der Waals surface area contributed by atoms with Crippen molar-refractivity contribution in [3.05, 3.63) is 45.3 Å². The largest absolute Gasteiger partial charge is 0.368 e. The Kier molecular flexibility index (Phi) is 3.96. The molecule has 0 atom stereocenters. The van der Waals surface area contributed by atoms with Crippen LogP contribution < -0.4 is 11.4 Å². The molecule has 1 amide bonds. The molecule has 6 nitrogen and oxygen atoms in total. The summed E-state index contributed by atoms with van der Waals surface area (Å²) in [6.45, 7) is 3.74. The molecule has 3 rings (SSSR count). The number of amides is 1. The molecule has 0 aliphatic heterocycles. The summed E-state index contributed by atoms with van der Waals surface area (Å²) in [7, 11) is 0. The van der Waals surface area contributed by atoms with Crippen molar-refractivity contribution in [2.75, 3.05) is 0 Å². The van der Waals surface area contributed by atoms with Gasteiger partial charge < -0.3 is 5.73 Å². The van der Waals surface area contributed by atoms with Crippen LogP contribution in [-0.4, -0.2) is 20.4 Å². The summed E-state index contributed by atoms with van der Waals surface area (Å²) < 4.78 is 1.28. The maximum atomic E-state index is 12.3. The first-order valence-electron chi connectivity index (χ1n) is 7.25. The number of carbonyl (C=O) groups is 1. The van der Waals surface area contributed by atoms with E-state index in [-0.39, 0.29) is 6.54 Å². The van der Waals surface area contributed by atoms with E-state index >= 15 is 0 Å². The minimum absolute atomic E-state index is 0.195. The molecule has 7 heteroatoms. The average Bonchev–Trinajstić information content (AvgIpc) is 2.91. The average molecular weight is 328 g/mol. The van der Waals surface area contributed by atoms with Gasteiger partial charge in [-0.25, -0.2) is 9.78 Å². The predicted octanol–water partition coefficient (Wildman–Crippen LogP) is 1.88. The Morgan fingerprint density at radius 3 is 2.57 bits per heavy atom. The molecule has 0 aliphatic carbocycles. The highest BCUT2D eigenvalue weighted by Crippen LogP contribution is 2.28. The zero-order valence-corrected chi connectivity index (χ0v) is 13.7. The summed E-state index contributed by atoms with van der Waals surface area (Å²) >= 11 is 1.36. The summed E-state index contributed by atoms with van der Waals surface area (Å²) in [5.41, 5.74) is 7.95. The van der Waals surface area contributed by atoms with Crippen LogP contribution in [-0.2, 0) is 17.8 Å². The van der Waals surface area contributed by atoms with E-state index in [1.807, 2.05) is 31.2 Å². The highest BCUT2D eigenvalue weighted by atomic mass is 32.1. The topological polar surface area (TPSA) is 90.9 Å². The standard InChI is InChI=1S/C16H16N4O2S/c1-3-10-4-6-11(7-5-10)13-14-15(23-9(2)18-14)20(8-12(17)21)16(22)19-13/h4-7H,3,8H2,1-2H3,(H2,17,21). The van der Waals surface area contributed by atoms with Crippen LogP contribution in [0.25, 0.3) is 21.6 Å². The molecule has 2 N–H and O–H groups in total. The third-order valence-electron chi connectivity index (χ3n) is 3.57. The van der Waals surface area contributed by atoms with Gasteiger partial charge in [0.25, 0.3) is 0 Å². The van der Waals surface area contributed by atoms with Crippen molar-refractivity contribution in [1.82, 2.24) is 14.5 Å². The normalized spacial score (nSPS) is 11.0. The zero-order valence-electron chi connectivity index (χ0n) is 12.9. The molecule has 0 aliphatic rings. The first-order valence-corrected chi connectivity index (χ1v) is 8.07. The third kappa shape index (κ3) is 2.87. The lowest BCUT2D eigenvalue weighted by Crippen LogP contribution is -2.29. The number of carbonyl (C=O) groups excluding carboxylic acids is 1. The second-order valence-corrected chi connectivity index (χ2v) is 6.41. The molecule has 2 aromatic heterocycles. The molecular weight excluding hydrogens is 312 g/mol. The van der Waals surface area contributed by atoms with E-state index in [2.05, 4.69) is 16.9 Å². The van der Waals surface area contributed by atoms with Gasteiger partial charge in [-0.15, -0.1) is 11.3 Å².